The molecule has 0 saturated carbocycles. The molecule has 1 unspecified atom stereocenters. The molecule has 1 saturated heterocycles. The zero-order valence-corrected chi connectivity index (χ0v) is 10.4. The minimum Gasteiger partial charge on any atom is -0.295 e. The van der Waals surface area contributed by atoms with Gasteiger partial charge >= 0.3 is 0 Å². The third kappa shape index (κ3) is 2.38. The summed E-state index contributed by atoms with van der Waals surface area (Å²) in [5.41, 5.74) is 0.911. The smallest absolute Gasteiger partial charge is 0.251 e. The second kappa shape index (κ2) is 3.98. The molecule has 2 rings (SSSR count). The predicted molar refractivity (Wildman–Crippen MR) is 62.3 cm³/mol. The van der Waals surface area contributed by atoms with Gasteiger partial charge in [0.15, 0.2) is 0 Å². The summed E-state index contributed by atoms with van der Waals surface area (Å²) < 4.78 is 1.66. The van der Waals surface area contributed by atoms with Crippen LogP contribution in [0.3, 0.4) is 0 Å². The average molecular weight is 235 g/mol. The Kier molecular flexibility index (Phi) is 2.77. The Morgan fingerprint density at radius 2 is 2.12 bits per heavy atom. The molecule has 2 amide bonds. The van der Waals surface area contributed by atoms with Gasteiger partial charge in [-0.3, -0.25) is 19.6 Å². The number of hydrogen-bond donors (Lipinski definition) is 1. The van der Waals surface area contributed by atoms with Crippen LogP contribution < -0.4 is 5.32 Å². The number of nitrogens with one attached hydrogen (secondary N) is 1. The number of nitrogens with zero attached hydrogens (tertiary/aromatic N) is 2. The van der Waals surface area contributed by atoms with Crippen molar-refractivity contribution in [2.45, 2.75) is 45.1 Å². The second-order valence-corrected chi connectivity index (χ2v) is 5.40. The molecule has 1 aliphatic heterocycles. The van der Waals surface area contributed by atoms with E-state index in [-0.39, 0.29) is 23.3 Å². The van der Waals surface area contributed by atoms with Crippen molar-refractivity contribution in [3.05, 3.63) is 18.0 Å². The van der Waals surface area contributed by atoms with Gasteiger partial charge in [0.05, 0.1) is 5.69 Å². The standard InChI is InChI=1S/C12H17N3O2/c1-12(2,3)9-6-7-15(14-9)8-4-5-10(16)13-11(8)17/h6-8H,4-5H2,1-3H3,(H,13,16,17). The number of carbonyl (C=O) groups excluding carboxylic acids is 2. The van der Waals surface area contributed by atoms with Crippen LogP contribution in [0.4, 0.5) is 0 Å². The van der Waals surface area contributed by atoms with Crippen LogP contribution in [0.5, 0.6) is 0 Å². The highest BCUT2D eigenvalue weighted by Crippen LogP contribution is 2.23. The Bertz CT molecular complexity index is 457. The van der Waals surface area contributed by atoms with Crippen molar-refractivity contribution in [3.63, 3.8) is 0 Å². The lowest BCUT2D eigenvalue weighted by atomic mass is 9.93. The molecule has 1 aliphatic rings. The van der Waals surface area contributed by atoms with Crippen molar-refractivity contribution in [1.29, 1.82) is 0 Å². The lowest BCUT2D eigenvalue weighted by Gasteiger charge is -2.21. The molecule has 1 aromatic heterocycles. The minimum absolute atomic E-state index is 0.0355. The van der Waals surface area contributed by atoms with Gasteiger partial charge in [-0.25, -0.2) is 0 Å². The fourth-order valence-electron chi connectivity index (χ4n) is 1.85. The van der Waals surface area contributed by atoms with Crippen molar-refractivity contribution in [3.8, 4) is 0 Å². The van der Waals surface area contributed by atoms with Crippen molar-refractivity contribution in [2.75, 3.05) is 0 Å². The Morgan fingerprint density at radius 1 is 1.41 bits per heavy atom. The summed E-state index contributed by atoms with van der Waals surface area (Å²) in [7, 11) is 0. The zero-order chi connectivity index (χ0) is 12.6. The number of amides is 2. The van der Waals surface area contributed by atoms with Gasteiger partial charge in [0.1, 0.15) is 6.04 Å². The Morgan fingerprint density at radius 3 is 2.65 bits per heavy atom. The molecule has 5 heteroatoms. The third-order valence-corrected chi connectivity index (χ3v) is 2.91. The van der Waals surface area contributed by atoms with E-state index < -0.39 is 0 Å². The van der Waals surface area contributed by atoms with Gasteiger partial charge in [-0.05, 0) is 12.5 Å². The maximum atomic E-state index is 11.7. The van der Waals surface area contributed by atoms with Crippen LogP contribution in [-0.2, 0) is 15.0 Å². The van der Waals surface area contributed by atoms with Gasteiger partial charge in [-0.2, -0.15) is 5.10 Å². The molecule has 0 aliphatic carbocycles. The van der Waals surface area contributed by atoms with Crippen LogP contribution in [0.2, 0.25) is 0 Å². The van der Waals surface area contributed by atoms with E-state index in [0.29, 0.717) is 12.8 Å². The first-order valence-electron chi connectivity index (χ1n) is 5.77. The summed E-state index contributed by atoms with van der Waals surface area (Å²) in [6, 6.07) is 1.56. The molecule has 1 atom stereocenters. The number of imide groups is 1. The quantitative estimate of drug-likeness (QED) is 0.743. The first kappa shape index (κ1) is 11.8. The number of piperidine rings is 1. The Hall–Kier alpha value is -1.65. The maximum Gasteiger partial charge on any atom is 0.251 e. The molecule has 1 N–H and O–H groups in total. The van der Waals surface area contributed by atoms with E-state index in [4.69, 9.17) is 0 Å². The van der Waals surface area contributed by atoms with E-state index in [9.17, 15) is 9.59 Å². The molecule has 17 heavy (non-hydrogen) atoms. The first-order valence-corrected chi connectivity index (χ1v) is 5.77. The van der Waals surface area contributed by atoms with E-state index in [1.54, 1.807) is 10.9 Å². The monoisotopic (exact) mass is 235 g/mol. The highest BCUT2D eigenvalue weighted by atomic mass is 16.2. The normalized spacial score (nSPS) is 21.5. The van der Waals surface area contributed by atoms with Crippen LogP contribution in [0.1, 0.15) is 45.3 Å². The van der Waals surface area contributed by atoms with Gasteiger partial charge in [-0.15, -0.1) is 0 Å². The SMILES string of the molecule is CC(C)(C)c1ccn(C2CCC(=O)NC2=O)n1. The van der Waals surface area contributed by atoms with Crippen molar-refractivity contribution in [2.24, 2.45) is 0 Å². The number of aromatic nitrogens is 2. The summed E-state index contributed by atoms with van der Waals surface area (Å²) in [4.78, 5) is 22.7. The van der Waals surface area contributed by atoms with Crippen molar-refractivity contribution < 1.29 is 9.59 Å². The van der Waals surface area contributed by atoms with E-state index in [2.05, 4.69) is 31.2 Å². The summed E-state index contributed by atoms with van der Waals surface area (Å²) in [6.45, 7) is 6.22. The molecular weight excluding hydrogens is 218 g/mol. The Balaban J connectivity index is 2.21. The minimum atomic E-state index is -0.358. The Labute approximate surface area is 100 Å². The topological polar surface area (TPSA) is 64.0 Å². The van der Waals surface area contributed by atoms with Crippen LogP contribution in [0, 0.1) is 0 Å². The lowest BCUT2D eigenvalue weighted by molar-refractivity contribution is -0.135. The fraction of sp³-hybridized carbons (Fsp3) is 0.583. The molecule has 0 bridgehead atoms. The fourth-order valence-corrected chi connectivity index (χ4v) is 1.85. The van der Waals surface area contributed by atoms with Gasteiger partial charge in [0.2, 0.25) is 5.91 Å². The third-order valence-electron chi connectivity index (χ3n) is 2.91. The van der Waals surface area contributed by atoms with Gasteiger partial charge in [0.25, 0.3) is 5.91 Å². The summed E-state index contributed by atoms with van der Waals surface area (Å²) in [6.07, 6.45) is 2.71. The molecule has 5 nitrogen and oxygen atoms in total. The van der Waals surface area contributed by atoms with E-state index in [1.807, 2.05) is 6.07 Å². The van der Waals surface area contributed by atoms with Crippen LogP contribution in [0.15, 0.2) is 12.3 Å². The molecular formula is C12H17N3O2. The molecule has 1 aromatic rings. The largest absolute Gasteiger partial charge is 0.295 e. The van der Waals surface area contributed by atoms with Gasteiger partial charge < -0.3 is 0 Å². The highest BCUT2D eigenvalue weighted by molar-refractivity contribution is 5.99. The van der Waals surface area contributed by atoms with Gasteiger partial charge in [0, 0.05) is 18.0 Å². The predicted octanol–water partition coefficient (Wildman–Crippen LogP) is 1.16. The van der Waals surface area contributed by atoms with E-state index >= 15 is 0 Å². The second-order valence-electron chi connectivity index (χ2n) is 5.40. The summed E-state index contributed by atoms with van der Waals surface area (Å²) in [5, 5.41) is 6.76. The first-order chi connectivity index (χ1) is 7.88. The van der Waals surface area contributed by atoms with Gasteiger partial charge in [-0.1, -0.05) is 20.8 Å². The summed E-state index contributed by atoms with van der Waals surface area (Å²) >= 11 is 0. The molecule has 92 valence electrons. The molecule has 0 radical (unpaired) electrons. The molecule has 1 fully saturated rings. The van der Waals surface area contributed by atoms with Crippen LogP contribution in [0.25, 0.3) is 0 Å². The van der Waals surface area contributed by atoms with Crippen molar-refractivity contribution in [1.82, 2.24) is 15.1 Å². The summed E-state index contributed by atoms with van der Waals surface area (Å²) in [5.74, 6) is -0.459. The van der Waals surface area contributed by atoms with E-state index in [1.165, 1.54) is 0 Å². The number of rotatable bonds is 1. The zero-order valence-electron chi connectivity index (χ0n) is 10.4. The van der Waals surface area contributed by atoms with Crippen LogP contribution in [-0.4, -0.2) is 21.6 Å². The number of hydrogen-bond acceptors (Lipinski definition) is 3. The number of carbonyl (C=O) groups is 2. The molecule has 0 spiro atoms. The van der Waals surface area contributed by atoms with Crippen molar-refractivity contribution >= 4 is 11.8 Å². The average Bonchev–Trinajstić information content (AvgIpc) is 2.65. The van der Waals surface area contributed by atoms with E-state index in [0.717, 1.165) is 5.69 Å². The van der Waals surface area contributed by atoms with Crippen LogP contribution >= 0.6 is 0 Å². The molecule has 0 aromatic carbocycles. The maximum absolute atomic E-state index is 11.7. The highest BCUT2D eigenvalue weighted by Gasteiger charge is 2.29. The molecule has 2 heterocycles. The lowest BCUT2D eigenvalue weighted by Crippen LogP contribution is -2.42.